The van der Waals surface area contributed by atoms with E-state index in [0.29, 0.717) is 23.8 Å². The third kappa shape index (κ3) is 8.16. The van der Waals surface area contributed by atoms with Gasteiger partial charge < -0.3 is 9.64 Å². The first kappa shape index (κ1) is 31.9. The Balaban J connectivity index is 1.51. The fourth-order valence-corrected chi connectivity index (χ4v) is 7.16. The average Bonchev–Trinajstić information content (AvgIpc) is 3.51. The van der Waals surface area contributed by atoms with Gasteiger partial charge in [-0.25, -0.2) is 5.26 Å². The standard InChI is InChI=1S/C30H29IN2O7S3/c1-2-21(18-30-33(13-6-15-41-40-39-34)26-20-24(31)10-12-28(26)42-30)17-29-32(14-16-43(35,36)37)25-19-23(9-11-27(25)38-29)22-7-4-3-5-8-22/h3-5,7-12,17-20H,2,6,13-16H2,1H3,(H-,34,35,36,37)/p+1. The molecule has 4 aromatic rings. The SMILES string of the molecule is CCC(/C=C1\Oc2ccc(-c3ccccc3)cc2N1CCS(=O)(=O)O)=C\c1sc2ccc(I)cc2[n+]1CCCSOOO. The molecule has 0 saturated carbocycles. The number of anilines is 1. The van der Waals surface area contributed by atoms with Crippen LogP contribution < -0.4 is 14.2 Å². The maximum Gasteiger partial charge on any atom is 0.266 e. The third-order valence-corrected chi connectivity index (χ3v) is 9.91. The molecule has 226 valence electrons. The number of aryl methyl sites for hydroxylation is 1. The number of halogens is 1. The van der Waals surface area contributed by atoms with Crippen molar-refractivity contribution < 1.29 is 36.9 Å². The van der Waals surface area contributed by atoms with Gasteiger partial charge in [0.05, 0.1) is 11.4 Å². The summed E-state index contributed by atoms with van der Waals surface area (Å²) in [5.74, 6) is 1.31. The molecule has 0 unspecified atom stereocenters. The Morgan fingerprint density at radius 3 is 2.70 bits per heavy atom. The van der Waals surface area contributed by atoms with Crippen LogP contribution in [-0.4, -0.2) is 36.3 Å². The molecular formula is C30H30IN2O7S3+. The number of fused-ring (bicyclic) bond motifs is 2. The molecule has 43 heavy (non-hydrogen) atoms. The number of aromatic nitrogens is 1. The van der Waals surface area contributed by atoms with Crippen molar-refractivity contribution in [2.45, 2.75) is 26.3 Å². The minimum Gasteiger partial charge on any atom is -0.439 e. The molecule has 0 spiro atoms. The van der Waals surface area contributed by atoms with Crippen molar-refractivity contribution in [1.82, 2.24) is 0 Å². The molecule has 2 heterocycles. The molecule has 3 aromatic carbocycles. The first-order valence-electron chi connectivity index (χ1n) is 13.5. The van der Waals surface area contributed by atoms with Crippen LogP contribution in [0.5, 0.6) is 5.75 Å². The molecular weight excluding hydrogens is 723 g/mol. The van der Waals surface area contributed by atoms with Gasteiger partial charge in [0, 0.05) is 52.5 Å². The number of rotatable bonds is 13. The van der Waals surface area contributed by atoms with Crippen LogP contribution in [0.4, 0.5) is 5.69 Å². The lowest BCUT2D eigenvalue weighted by atomic mass is 10.0. The van der Waals surface area contributed by atoms with E-state index in [-0.39, 0.29) is 6.54 Å². The summed E-state index contributed by atoms with van der Waals surface area (Å²) in [6.45, 7) is 2.82. The maximum absolute atomic E-state index is 11.7. The summed E-state index contributed by atoms with van der Waals surface area (Å²) in [6, 6.07) is 22.1. The van der Waals surface area contributed by atoms with Gasteiger partial charge in [-0.05, 0) is 70.0 Å². The summed E-state index contributed by atoms with van der Waals surface area (Å²) in [4.78, 5) is 1.81. The van der Waals surface area contributed by atoms with Gasteiger partial charge in [-0.2, -0.15) is 13.0 Å². The number of hydrogen-bond donors (Lipinski definition) is 2. The number of ether oxygens (including phenoxy) is 1. The smallest absolute Gasteiger partial charge is 0.266 e. The van der Waals surface area contributed by atoms with Crippen LogP contribution in [0.15, 0.2) is 84.3 Å². The second-order valence-corrected chi connectivity index (χ2v) is 14.3. The van der Waals surface area contributed by atoms with Gasteiger partial charge >= 0.3 is 0 Å². The molecule has 0 radical (unpaired) electrons. The largest absolute Gasteiger partial charge is 0.439 e. The van der Waals surface area contributed by atoms with E-state index < -0.39 is 15.9 Å². The molecule has 2 N–H and O–H groups in total. The Labute approximate surface area is 272 Å². The maximum atomic E-state index is 11.7. The molecule has 5 rings (SSSR count). The lowest BCUT2D eigenvalue weighted by Gasteiger charge is -2.18. The number of thiazole rings is 1. The van der Waals surface area contributed by atoms with Crippen molar-refractivity contribution in [3.8, 4) is 16.9 Å². The van der Waals surface area contributed by atoms with E-state index in [4.69, 9.17) is 9.99 Å². The first-order chi connectivity index (χ1) is 20.8. The van der Waals surface area contributed by atoms with E-state index >= 15 is 0 Å². The normalized spacial score (nSPS) is 14.5. The van der Waals surface area contributed by atoms with Crippen LogP contribution in [0.2, 0.25) is 0 Å². The van der Waals surface area contributed by atoms with Crippen LogP contribution in [-0.2, 0) is 26.0 Å². The summed E-state index contributed by atoms with van der Waals surface area (Å²) in [7, 11) is -4.19. The molecule has 0 aliphatic carbocycles. The number of nitrogens with zero attached hydrogens (tertiary/aromatic N) is 2. The highest BCUT2D eigenvalue weighted by atomic mass is 127. The topological polar surface area (TPSA) is 109 Å². The van der Waals surface area contributed by atoms with Gasteiger partial charge in [0.2, 0.25) is 11.4 Å². The van der Waals surface area contributed by atoms with Crippen LogP contribution in [0.3, 0.4) is 0 Å². The van der Waals surface area contributed by atoms with E-state index in [1.807, 2.05) is 54.6 Å². The molecule has 0 fully saturated rings. The van der Waals surface area contributed by atoms with Crippen LogP contribution in [0, 0.1) is 3.57 Å². The zero-order chi connectivity index (χ0) is 30.4. The minimum absolute atomic E-state index is 0.0333. The predicted octanol–water partition coefficient (Wildman–Crippen LogP) is 7.34. The molecule has 0 amide bonds. The Kier molecular flexibility index (Phi) is 10.8. The zero-order valence-electron chi connectivity index (χ0n) is 23.2. The van der Waals surface area contributed by atoms with Crippen molar-refractivity contribution in [2.75, 3.05) is 23.0 Å². The summed E-state index contributed by atoms with van der Waals surface area (Å²) >= 11 is 5.04. The first-order valence-corrected chi connectivity index (χ1v) is 17.9. The zero-order valence-corrected chi connectivity index (χ0v) is 27.8. The van der Waals surface area contributed by atoms with E-state index in [0.717, 1.165) is 66.2 Å². The van der Waals surface area contributed by atoms with Gasteiger partial charge in [0.25, 0.3) is 15.1 Å². The summed E-state index contributed by atoms with van der Waals surface area (Å²) in [5.41, 5.74) is 4.87. The van der Waals surface area contributed by atoms with Crippen LogP contribution in [0.1, 0.15) is 24.8 Å². The van der Waals surface area contributed by atoms with E-state index in [1.54, 1.807) is 16.2 Å². The Morgan fingerprint density at radius 2 is 1.95 bits per heavy atom. The summed E-state index contributed by atoms with van der Waals surface area (Å²) in [6.07, 6.45) is 5.56. The number of hydrogen-bond acceptors (Lipinski definition) is 9. The molecule has 0 atom stereocenters. The lowest BCUT2D eigenvalue weighted by Crippen LogP contribution is -2.35. The summed E-state index contributed by atoms with van der Waals surface area (Å²) < 4.78 is 48.4. The third-order valence-electron chi connectivity index (χ3n) is 6.82. The molecule has 0 saturated heterocycles. The Bertz CT molecular complexity index is 1760. The van der Waals surface area contributed by atoms with E-state index in [2.05, 4.69) is 67.7 Å². The van der Waals surface area contributed by atoms with E-state index in [9.17, 15) is 13.0 Å². The Hall–Kier alpha value is -2.50. The van der Waals surface area contributed by atoms with Crippen LogP contribution in [0.25, 0.3) is 27.4 Å². The molecule has 1 aliphatic rings. The number of allylic oxidation sites excluding steroid dienone is 2. The molecule has 0 bridgehead atoms. The fraction of sp³-hybridized carbons (Fsp3) is 0.233. The molecule has 13 heteroatoms. The van der Waals surface area contributed by atoms with Gasteiger partial charge in [-0.1, -0.05) is 59.7 Å². The van der Waals surface area contributed by atoms with Gasteiger partial charge in [0.15, 0.2) is 12.3 Å². The van der Waals surface area contributed by atoms with Gasteiger partial charge in [-0.15, -0.1) is 4.33 Å². The minimum atomic E-state index is -4.19. The Morgan fingerprint density at radius 1 is 1.14 bits per heavy atom. The predicted molar refractivity (Wildman–Crippen MR) is 179 cm³/mol. The monoisotopic (exact) mass is 753 g/mol. The highest BCUT2D eigenvalue weighted by molar-refractivity contribution is 14.1. The second kappa shape index (κ2) is 14.5. The van der Waals surface area contributed by atoms with Gasteiger partial charge in [0.1, 0.15) is 4.70 Å². The second-order valence-electron chi connectivity index (χ2n) is 9.67. The molecule has 1 aliphatic heterocycles. The van der Waals surface area contributed by atoms with E-state index in [1.165, 1.54) is 0 Å². The summed E-state index contributed by atoms with van der Waals surface area (Å²) in [5, 5.41) is 13.2. The fourth-order valence-electron chi connectivity index (χ4n) is 4.77. The van der Waals surface area contributed by atoms with Crippen molar-refractivity contribution in [3.63, 3.8) is 0 Å². The van der Waals surface area contributed by atoms with Crippen molar-refractivity contribution in [3.05, 3.63) is 92.8 Å². The number of benzene rings is 3. The highest BCUT2D eigenvalue weighted by Gasteiger charge is 2.28. The van der Waals surface area contributed by atoms with Crippen molar-refractivity contribution >= 4 is 78.1 Å². The quantitative estimate of drug-likeness (QED) is 0.0276. The van der Waals surface area contributed by atoms with Crippen LogP contribution >= 0.6 is 46.0 Å². The molecule has 1 aromatic heterocycles. The van der Waals surface area contributed by atoms with Crippen molar-refractivity contribution in [2.24, 2.45) is 0 Å². The average molecular weight is 754 g/mol. The highest BCUT2D eigenvalue weighted by Crippen LogP contribution is 2.42. The van der Waals surface area contributed by atoms with Crippen molar-refractivity contribution in [1.29, 1.82) is 0 Å². The lowest BCUT2D eigenvalue weighted by molar-refractivity contribution is -0.668. The molecule has 9 nitrogen and oxygen atoms in total. The van der Waals surface area contributed by atoms with Gasteiger partial charge in [-0.3, -0.25) is 4.55 Å².